The molecular formula is C16H13F2N3O2S. The molecule has 5 nitrogen and oxygen atoms in total. The number of carbonyl (C=O) groups is 1. The molecule has 0 saturated heterocycles. The Labute approximate surface area is 140 Å². The number of rotatable bonds is 5. The fourth-order valence-electron chi connectivity index (χ4n) is 2.13. The first-order valence-electron chi connectivity index (χ1n) is 7.06. The van der Waals surface area contributed by atoms with Gasteiger partial charge in [-0.2, -0.15) is 0 Å². The molecule has 24 heavy (non-hydrogen) atoms. The maximum atomic E-state index is 13.3. The minimum Gasteiger partial charge on any atom is -0.461 e. The fraction of sp³-hybridized carbons (Fsp3) is 0.188. The van der Waals surface area contributed by atoms with Crippen molar-refractivity contribution in [2.45, 2.75) is 17.3 Å². The van der Waals surface area contributed by atoms with Crippen molar-refractivity contribution in [2.75, 3.05) is 0 Å². The summed E-state index contributed by atoms with van der Waals surface area (Å²) in [6, 6.07) is 6.61. The van der Waals surface area contributed by atoms with Crippen LogP contribution in [0.2, 0.25) is 0 Å². The van der Waals surface area contributed by atoms with Crippen molar-refractivity contribution >= 4 is 17.5 Å². The zero-order valence-electron chi connectivity index (χ0n) is 12.9. The number of halogens is 2. The second-order valence-corrected chi connectivity index (χ2v) is 6.40. The Bertz CT molecular complexity index is 878. The lowest BCUT2D eigenvalue weighted by Gasteiger charge is -2.10. The molecule has 124 valence electrons. The third kappa shape index (κ3) is 3.09. The number of ketones is 1. The number of aromatic nitrogens is 3. The maximum Gasteiger partial charge on any atom is 0.200 e. The van der Waals surface area contributed by atoms with Gasteiger partial charge in [-0.1, -0.05) is 11.8 Å². The average molecular weight is 349 g/mol. The van der Waals surface area contributed by atoms with Crippen LogP contribution in [0.1, 0.15) is 17.3 Å². The number of hydrogen-bond donors (Lipinski definition) is 0. The Morgan fingerprint density at radius 2 is 2.04 bits per heavy atom. The van der Waals surface area contributed by atoms with Crippen molar-refractivity contribution in [3.63, 3.8) is 0 Å². The van der Waals surface area contributed by atoms with Crippen LogP contribution in [0.5, 0.6) is 0 Å². The van der Waals surface area contributed by atoms with Crippen molar-refractivity contribution in [1.29, 1.82) is 0 Å². The highest BCUT2D eigenvalue weighted by Crippen LogP contribution is 2.27. The summed E-state index contributed by atoms with van der Waals surface area (Å²) in [6.45, 7) is 1.68. The maximum absolute atomic E-state index is 13.3. The zero-order valence-corrected chi connectivity index (χ0v) is 13.7. The van der Waals surface area contributed by atoms with Gasteiger partial charge in [0.2, 0.25) is 0 Å². The van der Waals surface area contributed by atoms with E-state index in [1.54, 1.807) is 30.7 Å². The SMILES string of the molecule is C[C@H](Sc1nnc(-c2ccco2)n1C)C(=O)c1ccc(F)c(F)c1. The number of hydrogen-bond acceptors (Lipinski definition) is 5. The number of carbonyl (C=O) groups excluding carboxylic acids is 1. The number of benzene rings is 1. The number of furan rings is 1. The van der Waals surface area contributed by atoms with E-state index in [0.717, 1.165) is 12.1 Å². The van der Waals surface area contributed by atoms with Gasteiger partial charge < -0.3 is 8.98 Å². The van der Waals surface area contributed by atoms with E-state index in [1.165, 1.54) is 24.1 Å². The quantitative estimate of drug-likeness (QED) is 0.519. The predicted molar refractivity (Wildman–Crippen MR) is 84.7 cm³/mol. The molecule has 0 fully saturated rings. The summed E-state index contributed by atoms with van der Waals surface area (Å²) in [5, 5.41) is 8.07. The van der Waals surface area contributed by atoms with Crippen LogP contribution in [0.15, 0.2) is 46.2 Å². The Kier molecular flexibility index (Phi) is 4.48. The van der Waals surface area contributed by atoms with E-state index in [9.17, 15) is 13.6 Å². The predicted octanol–water partition coefficient (Wildman–Crippen LogP) is 3.72. The van der Waals surface area contributed by atoms with Gasteiger partial charge in [-0.3, -0.25) is 4.79 Å². The Morgan fingerprint density at radius 1 is 1.25 bits per heavy atom. The normalized spacial score (nSPS) is 12.3. The first-order valence-corrected chi connectivity index (χ1v) is 7.94. The Hall–Kier alpha value is -2.48. The molecule has 0 radical (unpaired) electrons. The highest BCUT2D eigenvalue weighted by atomic mass is 32.2. The molecular weight excluding hydrogens is 336 g/mol. The molecule has 1 aromatic carbocycles. The summed E-state index contributed by atoms with van der Waals surface area (Å²) in [6.07, 6.45) is 1.53. The summed E-state index contributed by atoms with van der Waals surface area (Å²) in [7, 11) is 1.76. The highest BCUT2D eigenvalue weighted by Gasteiger charge is 2.22. The van der Waals surface area contributed by atoms with Crippen molar-refractivity contribution < 1.29 is 18.0 Å². The number of Topliss-reactive ketones (excluding diaryl/α,β-unsaturated/α-hetero) is 1. The van der Waals surface area contributed by atoms with Gasteiger partial charge in [-0.25, -0.2) is 8.78 Å². The Morgan fingerprint density at radius 3 is 2.71 bits per heavy atom. The van der Waals surface area contributed by atoms with E-state index in [0.29, 0.717) is 16.7 Å². The second-order valence-electron chi connectivity index (χ2n) is 5.10. The fourth-order valence-corrected chi connectivity index (χ4v) is 3.03. The van der Waals surface area contributed by atoms with Gasteiger partial charge >= 0.3 is 0 Å². The van der Waals surface area contributed by atoms with Crippen LogP contribution in [0.25, 0.3) is 11.6 Å². The molecule has 2 heterocycles. The van der Waals surface area contributed by atoms with Crippen LogP contribution < -0.4 is 0 Å². The van der Waals surface area contributed by atoms with Crippen molar-refractivity contribution in [3.05, 3.63) is 53.8 Å². The monoisotopic (exact) mass is 349 g/mol. The van der Waals surface area contributed by atoms with Crippen LogP contribution in [0.3, 0.4) is 0 Å². The van der Waals surface area contributed by atoms with Crippen LogP contribution in [0.4, 0.5) is 8.78 Å². The Balaban J connectivity index is 1.78. The summed E-state index contributed by atoms with van der Waals surface area (Å²) in [5.74, 6) is -1.24. The van der Waals surface area contributed by atoms with Gasteiger partial charge in [-0.15, -0.1) is 10.2 Å². The minimum atomic E-state index is -1.04. The smallest absolute Gasteiger partial charge is 0.200 e. The van der Waals surface area contributed by atoms with Crippen LogP contribution in [-0.2, 0) is 7.05 Å². The molecule has 0 N–H and O–H groups in total. The lowest BCUT2D eigenvalue weighted by molar-refractivity contribution is 0.0993. The largest absolute Gasteiger partial charge is 0.461 e. The molecule has 3 aromatic rings. The van der Waals surface area contributed by atoms with E-state index in [-0.39, 0.29) is 11.3 Å². The van der Waals surface area contributed by atoms with Gasteiger partial charge in [-0.05, 0) is 37.3 Å². The molecule has 0 unspecified atom stereocenters. The molecule has 2 aromatic heterocycles. The van der Waals surface area contributed by atoms with E-state index in [2.05, 4.69) is 10.2 Å². The summed E-state index contributed by atoms with van der Waals surface area (Å²) >= 11 is 1.18. The van der Waals surface area contributed by atoms with Crippen LogP contribution in [-0.4, -0.2) is 25.8 Å². The van der Waals surface area contributed by atoms with E-state index in [1.807, 2.05) is 0 Å². The number of nitrogens with zero attached hydrogens (tertiary/aromatic N) is 3. The molecule has 0 aliphatic rings. The summed E-state index contributed by atoms with van der Waals surface area (Å²) in [4.78, 5) is 12.4. The minimum absolute atomic E-state index is 0.113. The van der Waals surface area contributed by atoms with E-state index >= 15 is 0 Å². The van der Waals surface area contributed by atoms with Gasteiger partial charge in [0, 0.05) is 12.6 Å². The molecule has 3 rings (SSSR count). The summed E-state index contributed by atoms with van der Waals surface area (Å²) in [5.41, 5.74) is 0.113. The van der Waals surface area contributed by atoms with Crippen molar-refractivity contribution in [2.24, 2.45) is 7.05 Å². The molecule has 0 bridgehead atoms. The van der Waals surface area contributed by atoms with Crippen LogP contribution in [0, 0.1) is 11.6 Å². The summed E-state index contributed by atoms with van der Waals surface area (Å²) < 4.78 is 33.3. The van der Waals surface area contributed by atoms with E-state index in [4.69, 9.17) is 4.42 Å². The third-order valence-electron chi connectivity index (χ3n) is 3.43. The van der Waals surface area contributed by atoms with Gasteiger partial charge in [0.05, 0.1) is 11.5 Å². The van der Waals surface area contributed by atoms with E-state index < -0.39 is 16.9 Å². The van der Waals surface area contributed by atoms with Gasteiger partial charge in [0.25, 0.3) is 0 Å². The second kappa shape index (κ2) is 6.56. The highest BCUT2D eigenvalue weighted by molar-refractivity contribution is 8.00. The molecule has 0 spiro atoms. The van der Waals surface area contributed by atoms with Crippen molar-refractivity contribution in [1.82, 2.24) is 14.8 Å². The molecule has 0 amide bonds. The lowest BCUT2D eigenvalue weighted by atomic mass is 10.1. The number of thioether (sulfide) groups is 1. The van der Waals surface area contributed by atoms with Crippen molar-refractivity contribution in [3.8, 4) is 11.6 Å². The molecule has 1 atom stereocenters. The molecule has 0 aliphatic heterocycles. The first kappa shape index (κ1) is 16.4. The van der Waals surface area contributed by atoms with Gasteiger partial charge in [0.1, 0.15) is 0 Å². The molecule has 0 saturated carbocycles. The lowest BCUT2D eigenvalue weighted by Crippen LogP contribution is -2.15. The zero-order chi connectivity index (χ0) is 17.3. The third-order valence-corrected chi connectivity index (χ3v) is 4.57. The van der Waals surface area contributed by atoms with Gasteiger partial charge in [0.15, 0.2) is 34.2 Å². The molecule has 0 aliphatic carbocycles. The average Bonchev–Trinajstić information content (AvgIpc) is 3.20. The first-order chi connectivity index (χ1) is 11.5. The van der Waals surface area contributed by atoms with Crippen LogP contribution >= 0.6 is 11.8 Å². The standard InChI is InChI=1S/C16H13F2N3O2S/c1-9(14(22)10-5-6-11(17)12(18)8-10)24-16-20-19-15(21(16)2)13-4-3-7-23-13/h3-9H,1-2H3/t9-/m0/s1. The molecule has 8 heteroatoms. The topological polar surface area (TPSA) is 60.9 Å².